The molecular formula is C19H29N3S. The molecule has 2 bridgehead atoms. The minimum absolute atomic E-state index is 0.517. The molecule has 3 nitrogen and oxygen atoms in total. The molecule has 3 rings (SSSR count). The van der Waals surface area contributed by atoms with Crippen molar-refractivity contribution in [3.8, 4) is 0 Å². The summed E-state index contributed by atoms with van der Waals surface area (Å²) in [4.78, 5) is 2.76. The quantitative estimate of drug-likeness (QED) is 0.813. The molecule has 0 aromatic heterocycles. The lowest BCUT2D eigenvalue weighted by molar-refractivity contribution is 0.0284. The standard InChI is InChI=1S/C19H29N3S/c1-3-11-22-17-5-4-6-18(22)13-16(12-17)21-19(23)20-15-9-7-14(2)8-10-15/h7-10,16-18H,3-6,11-13H2,1-2H3,(H2,20,21,23)/t17-,18-/m0/s1. The second-order valence-corrected chi connectivity index (χ2v) is 7.52. The molecule has 4 heteroatoms. The lowest BCUT2D eigenvalue weighted by atomic mass is 9.81. The van der Waals surface area contributed by atoms with Gasteiger partial charge in [0.25, 0.3) is 0 Å². The molecule has 2 atom stereocenters. The van der Waals surface area contributed by atoms with Crippen LogP contribution in [0.2, 0.25) is 0 Å². The summed E-state index contributed by atoms with van der Waals surface area (Å²) in [5.74, 6) is 0. The second kappa shape index (κ2) is 7.63. The molecular weight excluding hydrogens is 302 g/mol. The minimum atomic E-state index is 0.517. The topological polar surface area (TPSA) is 27.3 Å². The van der Waals surface area contributed by atoms with Gasteiger partial charge in [0, 0.05) is 23.8 Å². The van der Waals surface area contributed by atoms with Crippen molar-refractivity contribution < 1.29 is 0 Å². The van der Waals surface area contributed by atoms with E-state index in [1.165, 1.54) is 50.6 Å². The van der Waals surface area contributed by atoms with Gasteiger partial charge in [-0.25, -0.2) is 0 Å². The van der Waals surface area contributed by atoms with E-state index in [-0.39, 0.29) is 0 Å². The fraction of sp³-hybridized carbons (Fsp3) is 0.632. The van der Waals surface area contributed by atoms with Crippen LogP contribution >= 0.6 is 12.2 Å². The molecule has 2 N–H and O–H groups in total. The molecule has 2 heterocycles. The highest BCUT2D eigenvalue weighted by Gasteiger charge is 2.37. The first-order valence-electron chi connectivity index (χ1n) is 9.05. The van der Waals surface area contributed by atoms with Crippen LogP contribution in [-0.4, -0.2) is 34.7 Å². The van der Waals surface area contributed by atoms with Crippen molar-refractivity contribution in [2.24, 2.45) is 0 Å². The average Bonchev–Trinajstić information content (AvgIpc) is 2.50. The number of hydrogen-bond donors (Lipinski definition) is 2. The van der Waals surface area contributed by atoms with E-state index < -0.39 is 0 Å². The Morgan fingerprint density at radius 1 is 1.17 bits per heavy atom. The van der Waals surface area contributed by atoms with Crippen LogP contribution in [0.15, 0.2) is 24.3 Å². The summed E-state index contributed by atoms with van der Waals surface area (Å²) < 4.78 is 0. The molecule has 0 spiro atoms. The zero-order valence-corrected chi connectivity index (χ0v) is 15.2. The molecule has 2 aliphatic rings. The number of anilines is 1. The zero-order valence-electron chi connectivity index (χ0n) is 14.3. The highest BCUT2D eigenvalue weighted by molar-refractivity contribution is 7.80. The van der Waals surface area contributed by atoms with Crippen LogP contribution in [0.3, 0.4) is 0 Å². The first-order valence-corrected chi connectivity index (χ1v) is 9.46. The van der Waals surface area contributed by atoms with Gasteiger partial charge < -0.3 is 10.6 Å². The van der Waals surface area contributed by atoms with E-state index in [0.717, 1.165) is 22.9 Å². The molecule has 0 saturated carbocycles. The smallest absolute Gasteiger partial charge is 0.170 e. The molecule has 1 aromatic rings. The Labute approximate surface area is 145 Å². The number of hydrogen-bond acceptors (Lipinski definition) is 2. The molecule has 23 heavy (non-hydrogen) atoms. The molecule has 0 unspecified atom stereocenters. The van der Waals surface area contributed by atoms with Gasteiger partial charge in [-0.05, 0) is 69.9 Å². The third kappa shape index (κ3) is 4.24. The molecule has 2 saturated heterocycles. The van der Waals surface area contributed by atoms with E-state index in [0.29, 0.717) is 6.04 Å². The van der Waals surface area contributed by atoms with E-state index in [1.54, 1.807) is 0 Å². The third-order valence-electron chi connectivity index (χ3n) is 5.25. The van der Waals surface area contributed by atoms with Crippen molar-refractivity contribution >= 4 is 23.0 Å². The maximum absolute atomic E-state index is 5.53. The SMILES string of the molecule is CCCN1[C@H]2CCC[C@H]1CC(NC(=S)Nc1ccc(C)cc1)C2. The van der Waals surface area contributed by atoms with Crippen LogP contribution in [0.1, 0.15) is 51.0 Å². The maximum atomic E-state index is 5.53. The Balaban J connectivity index is 1.54. The summed E-state index contributed by atoms with van der Waals surface area (Å²) >= 11 is 5.53. The summed E-state index contributed by atoms with van der Waals surface area (Å²) in [5.41, 5.74) is 2.34. The number of piperidine rings is 2. The van der Waals surface area contributed by atoms with Crippen LogP contribution in [0.4, 0.5) is 5.69 Å². The first kappa shape index (κ1) is 16.7. The second-order valence-electron chi connectivity index (χ2n) is 7.11. The number of thiocarbonyl (C=S) groups is 1. The number of benzene rings is 1. The van der Waals surface area contributed by atoms with Crippen LogP contribution in [0.25, 0.3) is 0 Å². The van der Waals surface area contributed by atoms with Gasteiger partial charge in [-0.15, -0.1) is 0 Å². The van der Waals surface area contributed by atoms with E-state index in [1.807, 2.05) is 0 Å². The highest BCUT2D eigenvalue weighted by Crippen LogP contribution is 2.34. The fourth-order valence-corrected chi connectivity index (χ4v) is 4.49. The number of rotatable bonds is 4. The van der Waals surface area contributed by atoms with Gasteiger partial charge in [-0.2, -0.15) is 0 Å². The van der Waals surface area contributed by atoms with E-state index in [2.05, 4.69) is 53.6 Å². The minimum Gasteiger partial charge on any atom is -0.360 e. The largest absolute Gasteiger partial charge is 0.360 e. The van der Waals surface area contributed by atoms with Crippen LogP contribution < -0.4 is 10.6 Å². The van der Waals surface area contributed by atoms with E-state index >= 15 is 0 Å². The molecule has 126 valence electrons. The first-order chi connectivity index (χ1) is 11.2. The van der Waals surface area contributed by atoms with Crippen LogP contribution in [-0.2, 0) is 0 Å². The van der Waals surface area contributed by atoms with Gasteiger partial charge in [-0.1, -0.05) is 31.0 Å². The van der Waals surface area contributed by atoms with E-state index in [9.17, 15) is 0 Å². The van der Waals surface area contributed by atoms with Crippen LogP contribution in [0, 0.1) is 6.92 Å². The van der Waals surface area contributed by atoms with Gasteiger partial charge in [0.05, 0.1) is 0 Å². The Hall–Kier alpha value is -1.13. The monoisotopic (exact) mass is 331 g/mol. The Morgan fingerprint density at radius 2 is 1.83 bits per heavy atom. The predicted octanol–water partition coefficient (Wildman–Crippen LogP) is 4.08. The lowest BCUT2D eigenvalue weighted by Gasteiger charge is -2.49. The summed E-state index contributed by atoms with van der Waals surface area (Å²) in [5, 5.41) is 7.66. The molecule has 0 aliphatic carbocycles. The molecule has 0 amide bonds. The van der Waals surface area contributed by atoms with Crippen molar-refractivity contribution in [1.82, 2.24) is 10.2 Å². The number of nitrogens with one attached hydrogen (secondary N) is 2. The molecule has 2 fully saturated rings. The highest BCUT2D eigenvalue weighted by atomic mass is 32.1. The fourth-order valence-electron chi connectivity index (χ4n) is 4.21. The van der Waals surface area contributed by atoms with Crippen molar-refractivity contribution in [3.63, 3.8) is 0 Å². The van der Waals surface area contributed by atoms with Crippen molar-refractivity contribution in [3.05, 3.63) is 29.8 Å². The Bertz CT molecular complexity index is 514. The number of nitrogens with zero attached hydrogens (tertiary/aromatic N) is 1. The van der Waals surface area contributed by atoms with Gasteiger partial charge >= 0.3 is 0 Å². The van der Waals surface area contributed by atoms with Crippen LogP contribution in [0.5, 0.6) is 0 Å². The zero-order chi connectivity index (χ0) is 16.2. The van der Waals surface area contributed by atoms with Gasteiger partial charge in [0.1, 0.15) is 0 Å². The summed E-state index contributed by atoms with van der Waals surface area (Å²) in [6.45, 7) is 5.65. The molecule has 0 radical (unpaired) electrons. The van der Waals surface area contributed by atoms with Crippen molar-refractivity contribution in [1.29, 1.82) is 0 Å². The van der Waals surface area contributed by atoms with Gasteiger partial charge in [-0.3, -0.25) is 4.90 Å². The average molecular weight is 332 g/mol. The summed E-state index contributed by atoms with van der Waals surface area (Å²) in [7, 11) is 0. The number of aryl methyl sites for hydroxylation is 1. The van der Waals surface area contributed by atoms with Crippen molar-refractivity contribution in [2.45, 2.75) is 70.5 Å². The summed E-state index contributed by atoms with van der Waals surface area (Å²) in [6, 6.07) is 10.4. The van der Waals surface area contributed by atoms with Gasteiger partial charge in [0.15, 0.2) is 5.11 Å². The Morgan fingerprint density at radius 3 is 2.43 bits per heavy atom. The summed E-state index contributed by atoms with van der Waals surface area (Å²) in [6.07, 6.45) is 7.82. The van der Waals surface area contributed by atoms with Crippen molar-refractivity contribution in [2.75, 3.05) is 11.9 Å². The van der Waals surface area contributed by atoms with Gasteiger partial charge in [0.2, 0.25) is 0 Å². The molecule has 1 aromatic carbocycles. The molecule has 2 aliphatic heterocycles. The number of fused-ring (bicyclic) bond motifs is 2. The Kier molecular flexibility index (Phi) is 5.54. The maximum Gasteiger partial charge on any atom is 0.170 e. The lowest BCUT2D eigenvalue weighted by Crippen LogP contribution is -2.57. The normalized spacial score (nSPS) is 27.5. The predicted molar refractivity (Wildman–Crippen MR) is 102 cm³/mol. The third-order valence-corrected chi connectivity index (χ3v) is 5.47. The van der Waals surface area contributed by atoms with E-state index in [4.69, 9.17) is 12.2 Å².